The Morgan fingerprint density at radius 1 is 1.05 bits per heavy atom. The maximum Gasteiger partial charge on any atom is 0.150 e. The van der Waals surface area contributed by atoms with Crippen LogP contribution in [0.2, 0.25) is 0 Å². The van der Waals surface area contributed by atoms with Crippen molar-refractivity contribution in [1.29, 1.82) is 0 Å². The van der Waals surface area contributed by atoms with Crippen molar-refractivity contribution in [2.75, 3.05) is 13.7 Å². The van der Waals surface area contributed by atoms with Crippen molar-refractivity contribution in [3.63, 3.8) is 0 Å². The van der Waals surface area contributed by atoms with Crippen LogP contribution in [0.15, 0.2) is 30.3 Å². The van der Waals surface area contributed by atoms with E-state index in [0.717, 1.165) is 18.4 Å². The lowest BCUT2D eigenvalue weighted by atomic mass is 10.1. The summed E-state index contributed by atoms with van der Waals surface area (Å²) in [6.07, 6.45) is 8.88. The van der Waals surface area contributed by atoms with Crippen LogP contribution in [0, 0.1) is 0 Å². The molecule has 1 N–H and O–H groups in total. The number of benzene rings is 1. The molecule has 1 aromatic carbocycles. The third-order valence-corrected chi connectivity index (χ3v) is 2.71. The summed E-state index contributed by atoms with van der Waals surface area (Å²) in [4.78, 5) is 14.7. The Hall–Kier alpha value is -1.19. The Balaban J connectivity index is 0.000000356. The van der Waals surface area contributed by atoms with E-state index in [1.807, 2.05) is 18.2 Å². The van der Waals surface area contributed by atoms with Crippen LogP contribution in [0.3, 0.4) is 0 Å². The quantitative estimate of drug-likeness (QED) is 0.417. The molecule has 0 radical (unpaired) electrons. The molecule has 1 aromatic rings. The number of hydrogen-bond donors (Lipinski definition) is 1. The van der Waals surface area contributed by atoms with E-state index in [9.17, 15) is 4.79 Å². The van der Waals surface area contributed by atoms with Crippen molar-refractivity contribution >= 4 is 6.29 Å². The van der Waals surface area contributed by atoms with Gasteiger partial charge in [-0.2, -0.15) is 0 Å². The zero-order chi connectivity index (χ0) is 14.2. The number of hydroxylamine groups is 1. The Bertz CT molecular complexity index is 280. The van der Waals surface area contributed by atoms with E-state index in [1.165, 1.54) is 38.5 Å². The van der Waals surface area contributed by atoms with Gasteiger partial charge in [-0.3, -0.25) is 4.79 Å². The molecule has 0 saturated carbocycles. The van der Waals surface area contributed by atoms with Gasteiger partial charge in [0.1, 0.15) is 6.29 Å². The van der Waals surface area contributed by atoms with Gasteiger partial charge in [0.05, 0.1) is 7.11 Å². The molecule has 0 aliphatic heterocycles. The fourth-order valence-corrected chi connectivity index (χ4v) is 1.61. The third-order valence-electron chi connectivity index (χ3n) is 2.71. The van der Waals surface area contributed by atoms with Gasteiger partial charge in [0.15, 0.2) is 0 Å². The van der Waals surface area contributed by atoms with Crippen LogP contribution in [0.4, 0.5) is 0 Å². The molecule has 19 heavy (non-hydrogen) atoms. The van der Waals surface area contributed by atoms with Gasteiger partial charge in [-0.1, -0.05) is 69.4 Å². The normalized spacial score (nSPS) is 9.58. The first-order valence-electron chi connectivity index (χ1n) is 7.11. The molecular weight excluding hydrogens is 238 g/mol. The Morgan fingerprint density at radius 2 is 1.68 bits per heavy atom. The van der Waals surface area contributed by atoms with Crippen molar-refractivity contribution in [1.82, 2.24) is 5.48 Å². The Kier molecular flexibility index (Phi) is 13.9. The third kappa shape index (κ3) is 13.0. The molecule has 0 unspecified atom stereocenters. The highest BCUT2D eigenvalue weighted by atomic mass is 16.6. The first kappa shape index (κ1) is 17.8. The summed E-state index contributed by atoms with van der Waals surface area (Å²) in [7, 11) is 1.66. The van der Waals surface area contributed by atoms with E-state index in [4.69, 9.17) is 4.84 Å². The van der Waals surface area contributed by atoms with Crippen molar-refractivity contribution < 1.29 is 9.63 Å². The lowest BCUT2D eigenvalue weighted by Crippen LogP contribution is -2.12. The average Bonchev–Trinajstić information content (AvgIpc) is 2.48. The number of rotatable bonds is 9. The molecule has 0 aromatic heterocycles. The predicted molar refractivity (Wildman–Crippen MR) is 80.2 cm³/mol. The summed E-state index contributed by atoms with van der Waals surface area (Å²) in [5.41, 5.74) is 3.57. The minimum atomic E-state index is 0.729. The van der Waals surface area contributed by atoms with Gasteiger partial charge >= 0.3 is 0 Å². The summed E-state index contributed by atoms with van der Waals surface area (Å²) in [6, 6.07) is 9.10. The molecule has 0 amide bonds. The molecule has 108 valence electrons. The SMILES string of the molecule is CCCCCCCCNOC.O=Cc1ccccc1. The van der Waals surface area contributed by atoms with Gasteiger partial charge in [-0.05, 0) is 6.42 Å². The molecular formula is C16H27NO2. The number of hydrogen-bond acceptors (Lipinski definition) is 3. The molecule has 0 bridgehead atoms. The van der Waals surface area contributed by atoms with Gasteiger partial charge in [-0.25, -0.2) is 5.48 Å². The van der Waals surface area contributed by atoms with Crippen molar-refractivity contribution in [3.05, 3.63) is 35.9 Å². The summed E-state index contributed by atoms with van der Waals surface area (Å²) in [5, 5.41) is 0. The maximum atomic E-state index is 10.0. The van der Waals surface area contributed by atoms with E-state index in [0.29, 0.717) is 0 Å². The molecule has 1 rings (SSSR count). The van der Waals surface area contributed by atoms with E-state index in [1.54, 1.807) is 19.2 Å². The highest BCUT2D eigenvalue weighted by Crippen LogP contribution is 2.03. The lowest BCUT2D eigenvalue weighted by Gasteiger charge is -2.00. The van der Waals surface area contributed by atoms with Crippen LogP contribution in [-0.2, 0) is 4.84 Å². The average molecular weight is 265 g/mol. The topological polar surface area (TPSA) is 38.3 Å². The van der Waals surface area contributed by atoms with Crippen LogP contribution in [0.1, 0.15) is 55.8 Å². The molecule has 0 saturated heterocycles. The fraction of sp³-hybridized carbons (Fsp3) is 0.562. The maximum absolute atomic E-state index is 10.0. The van der Waals surface area contributed by atoms with Crippen LogP contribution in [-0.4, -0.2) is 19.9 Å². The van der Waals surface area contributed by atoms with Crippen molar-refractivity contribution in [2.24, 2.45) is 0 Å². The standard InChI is InChI=1S/C9H21NO.C7H6O/c1-3-4-5-6-7-8-9-10-11-2;8-6-7-4-2-1-3-5-7/h10H,3-9H2,1-2H3;1-6H. The van der Waals surface area contributed by atoms with E-state index in [-0.39, 0.29) is 0 Å². The van der Waals surface area contributed by atoms with E-state index < -0.39 is 0 Å². The van der Waals surface area contributed by atoms with Crippen molar-refractivity contribution in [2.45, 2.75) is 45.4 Å². The van der Waals surface area contributed by atoms with Gasteiger partial charge in [0, 0.05) is 12.1 Å². The summed E-state index contributed by atoms with van der Waals surface area (Å²) < 4.78 is 0. The van der Waals surface area contributed by atoms with Crippen LogP contribution >= 0.6 is 0 Å². The lowest BCUT2D eigenvalue weighted by molar-refractivity contribution is 0.0904. The smallest absolute Gasteiger partial charge is 0.150 e. The number of carbonyl (C=O) groups excluding carboxylic acids is 1. The summed E-state index contributed by atoms with van der Waals surface area (Å²) >= 11 is 0. The summed E-state index contributed by atoms with van der Waals surface area (Å²) in [5.74, 6) is 0. The van der Waals surface area contributed by atoms with Gasteiger partial charge in [0.2, 0.25) is 0 Å². The van der Waals surface area contributed by atoms with Gasteiger partial charge in [-0.15, -0.1) is 0 Å². The molecule has 0 spiro atoms. The van der Waals surface area contributed by atoms with E-state index >= 15 is 0 Å². The number of unbranched alkanes of at least 4 members (excludes halogenated alkanes) is 5. The number of carbonyl (C=O) groups is 1. The molecule has 3 nitrogen and oxygen atoms in total. The van der Waals surface area contributed by atoms with Crippen LogP contribution in [0.5, 0.6) is 0 Å². The molecule has 0 atom stereocenters. The predicted octanol–water partition coefficient (Wildman–Crippen LogP) is 4.00. The fourth-order valence-electron chi connectivity index (χ4n) is 1.61. The van der Waals surface area contributed by atoms with Crippen LogP contribution < -0.4 is 5.48 Å². The minimum Gasteiger partial charge on any atom is -0.305 e. The number of nitrogens with one attached hydrogen (secondary N) is 1. The zero-order valence-corrected chi connectivity index (χ0v) is 12.2. The van der Waals surface area contributed by atoms with Gasteiger partial charge in [0.25, 0.3) is 0 Å². The summed E-state index contributed by atoms with van der Waals surface area (Å²) in [6.45, 7) is 3.23. The minimum absolute atomic E-state index is 0.729. The Morgan fingerprint density at radius 3 is 2.21 bits per heavy atom. The second kappa shape index (κ2) is 14.9. The largest absolute Gasteiger partial charge is 0.305 e. The molecule has 3 heteroatoms. The molecule has 0 heterocycles. The first-order chi connectivity index (χ1) is 9.35. The molecule has 0 aliphatic carbocycles. The molecule has 0 fully saturated rings. The second-order valence-electron chi connectivity index (χ2n) is 4.39. The monoisotopic (exact) mass is 265 g/mol. The highest BCUT2D eigenvalue weighted by Gasteiger charge is 1.88. The highest BCUT2D eigenvalue weighted by molar-refractivity contribution is 5.74. The first-order valence-corrected chi connectivity index (χ1v) is 7.11. The molecule has 0 aliphatic rings. The van der Waals surface area contributed by atoms with E-state index in [2.05, 4.69) is 12.4 Å². The van der Waals surface area contributed by atoms with Crippen LogP contribution in [0.25, 0.3) is 0 Å². The van der Waals surface area contributed by atoms with Crippen molar-refractivity contribution in [3.8, 4) is 0 Å². The Labute approximate surface area is 117 Å². The second-order valence-corrected chi connectivity index (χ2v) is 4.39. The van der Waals surface area contributed by atoms with Gasteiger partial charge < -0.3 is 4.84 Å². The zero-order valence-electron chi connectivity index (χ0n) is 12.2. The number of aldehydes is 1.